The number of hydrogen-bond acceptors (Lipinski definition) is 7. The van der Waals surface area contributed by atoms with E-state index in [0.717, 1.165) is 11.3 Å². The average molecular weight is 480 g/mol. The van der Waals surface area contributed by atoms with E-state index in [-0.39, 0.29) is 16.7 Å². The summed E-state index contributed by atoms with van der Waals surface area (Å²) in [5, 5.41) is 25.5. The van der Waals surface area contributed by atoms with Crippen molar-refractivity contribution in [1.82, 2.24) is 10.2 Å². The molecule has 0 spiro atoms. The van der Waals surface area contributed by atoms with Gasteiger partial charge in [-0.2, -0.15) is 0 Å². The Morgan fingerprint density at radius 1 is 0.818 bits per heavy atom. The van der Waals surface area contributed by atoms with Crippen molar-refractivity contribution in [3.05, 3.63) is 99.1 Å². The Kier molecular flexibility index (Phi) is 6.38. The summed E-state index contributed by atoms with van der Waals surface area (Å²) < 4.78 is 0. The van der Waals surface area contributed by atoms with Crippen molar-refractivity contribution in [2.75, 3.05) is 10.6 Å². The zero-order valence-corrected chi connectivity index (χ0v) is 18.3. The first-order valence-electron chi connectivity index (χ1n) is 9.46. The molecule has 33 heavy (non-hydrogen) atoms. The van der Waals surface area contributed by atoms with E-state index in [4.69, 9.17) is 11.6 Å². The van der Waals surface area contributed by atoms with Gasteiger partial charge in [0.15, 0.2) is 0 Å². The van der Waals surface area contributed by atoms with Crippen molar-refractivity contribution in [2.45, 2.75) is 0 Å². The summed E-state index contributed by atoms with van der Waals surface area (Å²) in [6.07, 6.45) is 0. The monoisotopic (exact) mass is 479 g/mol. The molecule has 0 unspecified atom stereocenters. The van der Waals surface area contributed by atoms with Gasteiger partial charge in [0.25, 0.3) is 17.5 Å². The smallest absolute Gasteiger partial charge is 0.269 e. The highest BCUT2D eigenvalue weighted by Crippen LogP contribution is 2.28. The molecule has 4 rings (SSSR count). The van der Waals surface area contributed by atoms with Crippen molar-refractivity contribution < 1.29 is 14.5 Å². The lowest BCUT2D eigenvalue weighted by Crippen LogP contribution is -2.13. The van der Waals surface area contributed by atoms with E-state index in [1.165, 1.54) is 12.1 Å². The summed E-state index contributed by atoms with van der Waals surface area (Å²) in [7, 11) is 0. The highest BCUT2D eigenvalue weighted by atomic mass is 35.5. The van der Waals surface area contributed by atoms with Crippen molar-refractivity contribution in [1.29, 1.82) is 0 Å². The van der Waals surface area contributed by atoms with Gasteiger partial charge in [0.2, 0.25) is 5.13 Å². The first-order chi connectivity index (χ1) is 15.9. The van der Waals surface area contributed by atoms with Crippen molar-refractivity contribution >= 4 is 51.3 Å². The molecule has 0 saturated carbocycles. The fourth-order valence-electron chi connectivity index (χ4n) is 2.79. The van der Waals surface area contributed by atoms with Crippen molar-refractivity contribution in [3.63, 3.8) is 0 Å². The van der Waals surface area contributed by atoms with Gasteiger partial charge in [0.05, 0.1) is 4.92 Å². The predicted octanol–water partition coefficient (Wildman–Crippen LogP) is 5.27. The highest BCUT2D eigenvalue weighted by molar-refractivity contribution is 7.18. The van der Waals surface area contributed by atoms with Gasteiger partial charge in [-0.15, -0.1) is 10.2 Å². The number of nitrogens with zero attached hydrogens (tertiary/aromatic N) is 3. The maximum absolute atomic E-state index is 12.5. The van der Waals surface area contributed by atoms with Gasteiger partial charge in [-0.25, -0.2) is 0 Å². The lowest BCUT2D eigenvalue weighted by molar-refractivity contribution is -0.384. The Bertz CT molecular complexity index is 1320. The van der Waals surface area contributed by atoms with Crippen LogP contribution in [0, 0.1) is 10.1 Å². The maximum Gasteiger partial charge on any atom is 0.269 e. The topological polar surface area (TPSA) is 127 Å². The molecule has 0 atom stereocenters. The minimum Gasteiger partial charge on any atom is -0.322 e. The van der Waals surface area contributed by atoms with Crippen LogP contribution >= 0.6 is 22.9 Å². The Morgan fingerprint density at radius 2 is 1.39 bits per heavy atom. The van der Waals surface area contributed by atoms with Crippen LogP contribution in [0.3, 0.4) is 0 Å². The first kappa shape index (κ1) is 22.1. The van der Waals surface area contributed by atoms with E-state index in [1.54, 1.807) is 60.7 Å². The number of rotatable bonds is 6. The Balaban J connectivity index is 1.38. The molecule has 3 aromatic carbocycles. The molecule has 0 bridgehead atoms. The zero-order chi connectivity index (χ0) is 23.4. The number of halogens is 1. The van der Waals surface area contributed by atoms with Crippen LogP contribution < -0.4 is 10.6 Å². The van der Waals surface area contributed by atoms with Crippen LogP contribution in [0.5, 0.6) is 0 Å². The van der Waals surface area contributed by atoms with Crippen LogP contribution in [0.2, 0.25) is 5.02 Å². The molecule has 0 aliphatic rings. The number of carbonyl (C=O) groups excluding carboxylic acids is 2. The largest absolute Gasteiger partial charge is 0.322 e. The van der Waals surface area contributed by atoms with Gasteiger partial charge in [-0.05, 0) is 60.7 Å². The number of nitro groups is 1. The van der Waals surface area contributed by atoms with E-state index in [2.05, 4.69) is 20.8 Å². The molecule has 0 aliphatic carbocycles. The number of aromatic nitrogens is 2. The minimum absolute atomic E-state index is 0.0235. The molecule has 9 nitrogen and oxygen atoms in total. The third-order valence-electron chi connectivity index (χ3n) is 4.48. The van der Waals surface area contributed by atoms with Gasteiger partial charge in [0.1, 0.15) is 5.01 Å². The number of anilines is 2. The summed E-state index contributed by atoms with van der Waals surface area (Å²) in [6.45, 7) is 0. The Morgan fingerprint density at radius 3 is 2.00 bits per heavy atom. The molecule has 0 fully saturated rings. The summed E-state index contributed by atoms with van der Waals surface area (Å²) in [5.41, 5.74) is 1.99. The second-order valence-electron chi connectivity index (χ2n) is 6.71. The third kappa shape index (κ3) is 5.37. The van der Waals surface area contributed by atoms with Gasteiger partial charge < -0.3 is 5.32 Å². The lowest BCUT2D eigenvalue weighted by Gasteiger charge is -2.07. The number of amides is 2. The summed E-state index contributed by atoms with van der Waals surface area (Å²) >= 11 is 6.97. The molecular formula is C22H14ClN5O4S. The molecule has 2 amide bonds. The van der Waals surface area contributed by atoms with Crippen LogP contribution in [-0.2, 0) is 0 Å². The van der Waals surface area contributed by atoms with Gasteiger partial charge in [0, 0.05) is 39.5 Å². The molecule has 0 radical (unpaired) electrons. The van der Waals surface area contributed by atoms with Crippen LogP contribution in [0.1, 0.15) is 20.7 Å². The fourth-order valence-corrected chi connectivity index (χ4v) is 3.66. The van der Waals surface area contributed by atoms with E-state index in [0.29, 0.717) is 32.4 Å². The van der Waals surface area contributed by atoms with Crippen LogP contribution in [0.15, 0.2) is 72.8 Å². The normalized spacial score (nSPS) is 10.5. The Labute approximate surface area is 196 Å². The standard InChI is InChI=1S/C22H14ClN5O4S/c23-16-7-1-13(2-8-16)19(29)24-17-9-3-14(4-10-17)20(30)25-22-27-26-21(33-22)15-5-11-18(12-6-15)28(31)32/h1-12H,(H,24,29)(H,25,27,30). The molecule has 0 saturated heterocycles. The molecule has 11 heteroatoms. The number of hydrogen-bond donors (Lipinski definition) is 2. The lowest BCUT2D eigenvalue weighted by atomic mass is 10.1. The average Bonchev–Trinajstić information content (AvgIpc) is 3.28. The molecule has 2 N–H and O–H groups in total. The second-order valence-corrected chi connectivity index (χ2v) is 8.12. The molecule has 1 heterocycles. The van der Waals surface area contributed by atoms with E-state index in [1.807, 2.05) is 0 Å². The quantitative estimate of drug-likeness (QED) is 0.286. The molecular weight excluding hydrogens is 466 g/mol. The summed E-state index contributed by atoms with van der Waals surface area (Å²) in [4.78, 5) is 35.1. The van der Waals surface area contributed by atoms with Crippen LogP contribution in [0.25, 0.3) is 10.6 Å². The third-order valence-corrected chi connectivity index (χ3v) is 5.62. The number of non-ortho nitro benzene ring substituents is 1. The number of nitrogens with one attached hydrogen (secondary N) is 2. The highest BCUT2D eigenvalue weighted by Gasteiger charge is 2.13. The predicted molar refractivity (Wildman–Crippen MR) is 126 cm³/mol. The van der Waals surface area contributed by atoms with Gasteiger partial charge >= 0.3 is 0 Å². The van der Waals surface area contributed by atoms with E-state index in [9.17, 15) is 19.7 Å². The number of nitro benzene ring substituents is 1. The number of carbonyl (C=O) groups is 2. The van der Waals surface area contributed by atoms with Crippen molar-refractivity contribution in [2.24, 2.45) is 0 Å². The van der Waals surface area contributed by atoms with Crippen LogP contribution in [0.4, 0.5) is 16.5 Å². The fraction of sp³-hybridized carbons (Fsp3) is 0. The SMILES string of the molecule is O=C(Nc1ccc(C(=O)Nc2nnc(-c3ccc([N+](=O)[O-])cc3)s2)cc1)c1ccc(Cl)cc1. The van der Waals surface area contributed by atoms with Gasteiger partial charge in [-0.1, -0.05) is 22.9 Å². The summed E-state index contributed by atoms with van der Waals surface area (Å²) in [6, 6.07) is 18.8. The maximum atomic E-state index is 12.5. The van der Waals surface area contributed by atoms with Gasteiger partial charge in [-0.3, -0.25) is 25.0 Å². The Hall–Kier alpha value is -4.15. The van der Waals surface area contributed by atoms with E-state index >= 15 is 0 Å². The number of benzene rings is 3. The molecule has 4 aromatic rings. The first-order valence-corrected chi connectivity index (χ1v) is 10.7. The zero-order valence-electron chi connectivity index (χ0n) is 16.7. The molecule has 1 aromatic heterocycles. The van der Waals surface area contributed by atoms with Crippen molar-refractivity contribution in [3.8, 4) is 10.6 Å². The second kappa shape index (κ2) is 9.55. The minimum atomic E-state index is -0.482. The van der Waals surface area contributed by atoms with Crippen LogP contribution in [-0.4, -0.2) is 26.9 Å². The van der Waals surface area contributed by atoms with E-state index < -0.39 is 10.8 Å². The summed E-state index contributed by atoms with van der Waals surface area (Å²) in [5.74, 6) is -0.687. The molecule has 0 aliphatic heterocycles. The molecule has 164 valence electrons.